The van der Waals surface area contributed by atoms with Gasteiger partial charge < -0.3 is 4.74 Å². The summed E-state index contributed by atoms with van der Waals surface area (Å²) in [5.41, 5.74) is 1.23. The van der Waals surface area contributed by atoms with Gasteiger partial charge in [0.15, 0.2) is 0 Å². The van der Waals surface area contributed by atoms with Crippen LogP contribution in [0.15, 0.2) is 5.38 Å². The Morgan fingerprint density at radius 1 is 1.37 bits per heavy atom. The van der Waals surface area contributed by atoms with Crippen LogP contribution < -0.4 is 0 Å². The quantitative estimate of drug-likeness (QED) is 0.787. The van der Waals surface area contributed by atoms with Crippen LogP contribution in [0.25, 0.3) is 0 Å². The van der Waals surface area contributed by atoms with E-state index in [9.17, 15) is 0 Å². The first-order chi connectivity index (χ1) is 8.87. The Kier molecular flexibility index (Phi) is 4.36. The lowest BCUT2D eigenvalue weighted by Crippen LogP contribution is -2.34. The summed E-state index contributed by atoms with van der Waals surface area (Å²) in [7, 11) is 0. The highest BCUT2D eigenvalue weighted by Crippen LogP contribution is 2.44. The first-order valence-corrected chi connectivity index (χ1v) is 8.36. The fraction of sp³-hybridized carbons (Fsp3) is 0.812. The average Bonchev–Trinajstić information content (AvgIpc) is 2.82. The van der Waals surface area contributed by atoms with Crippen molar-refractivity contribution in [2.75, 3.05) is 6.61 Å². The van der Waals surface area contributed by atoms with Crippen LogP contribution in [-0.4, -0.2) is 11.6 Å². The monoisotopic (exact) mass is 281 g/mol. The summed E-state index contributed by atoms with van der Waals surface area (Å²) in [4.78, 5) is 4.91. The zero-order valence-corrected chi connectivity index (χ0v) is 13.8. The highest BCUT2D eigenvalue weighted by atomic mass is 32.1. The smallest absolute Gasteiger partial charge is 0.125 e. The average molecular weight is 281 g/mol. The van der Waals surface area contributed by atoms with Gasteiger partial charge in [-0.15, -0.1) is 11.3 Å². The molecule has 1 heterocycles. The van der Waals surface area contributed by atoms with Gasteiger partial charge in [0.2, 0.25) is 0 Å². The van der Waals surface area contributed by atoms with Gasteiger partial charge in [-0.1, -0.05) is 27.7 Å². The Morgan fingerprint density at radius 2 is 2.00 bits per heavy atom. The summed E-state index contributed by atoms with van der Waals surface area (Å²) in [6.07, 6.45) is 4.76. The molecule has 0 unspecified atom stereocenters. The molecular formula is C16H27NOS. The van der Waals surface area contributed by atoms with Gasteiger partial charge in [-0.25, -0.2) is 4.98 Å². The molecule has 19 heavy (non-hydrogen) atoms. The molecule has 0 N–H and O–H groups in total. The Labute approximate surface area is 121 Å². The summed E-state index contributed by atoms with van der Waals surface area (Å²) in [6.45, 7) is 11.9. The molecule has 0 amide bonds. The van der Waals surface area contributed by atoms with Crippen LogP contribution >= 0.6 is 11.3 Å². The van der Waals surface area contributed by atoms with Crippen LogP contribution in [0.3, 0.4) is 0 Å². The normalized spacial score (nSPS) is 28.6. The molecule has 1 aliphatic carbocycles. The second-order valence-electron chi connectivity index (χ2n) is 6.90. The second kappa shape index (κ2) is 5.53. The van der Waals surface area contributed by atoms with Crippen LogP contribution in [-0.2, 0) is 15.8 Å². The van der Waals surface area contributed by atoms with Crippen molar-refractivity contribution < 1.29 is 4.74 Å². The minimum atomic E-state index is -0.102. The Hall–Kier alpha value is -0.410. The van der Waals surface area contributed by atoms with Crippen LogP contribution in [0.2, 0.25) is 0 Å². The van der Waals surface area contributed by atoms with E-state index in [-0.39, 0.29) is 11.0 Å². The van der Waals surface area contributed by atoms with E-state index in [0.717, 1.165) is 25.4 Å². The molecule has 0 radical (unpaired) electrons. The van der Waals surface area contributed by atoms with Crippen molar-refractivity contribution in [3.8, 4) is 0 Å². The molecule has 2 rings (SSSR count). The second-order valence-corrected chi connectivity index (χ2v) is 7.76. The van der Waals surface area contributed by atoms with Crippen LogP contribution in [0.5, 0.6) is 0 Å². The van der Waals surface area contributed by atoms with Crippen LogP contribution in [0.4, 0.5) is 0 Å². The molecular weight excluding hydrogens is 254 g/mol. The van der Waals surface area contributed by atoms with E-state index in [2.05, 4.69) is 40.0 Å². The van der Waals surface area contributed by atoms with Crippen LogP contribution in [0, 0.1) is 5.92 Å². The van der Waals surface area contributed by atoms with Crippen LogP contribution in [0.1, 0.15) is 71.0 Å². The molecule has 0 atom stereocenters. The number of thiazole rings is 1. The summed E-state index contributed by atoms with van der Waals surface area (Å²) < 4.78 is 6.18. The van der Waals surface area contributed by atoms with E-state index in [1.807, 2.05) is 0 Å². The number of ether oxygens (including phenoxy) is 1. The highest BCUT2D eigenvalue weighted by molar-refractivity contribution is 7.09. The lowest BCUT2D eigenvalue weighted by Gasteiger charge is -2.37. The SMILES string of the molecule is CCOC1(c2nc(C(C)(C)C)cs2)CCC(C)CC1. The summed E-state index contributed by atoms with van der Waals surface area (Å²) in [5.74, 6) is 0.829. The van der Waals surface area contributed by atoms with Crippen molar-refractivity contribution >= 4 is 11.3 Å². The topological polar surface area (TPSA) is 22.1 Å². The van der Waals surface area contributed by atoms with Gasteiger partial charge in [-0.2, -0.15) is 0 Å². The molecule has 0 aliphatic heterocycles. The maximum Gasteiger partial charge on any atom is 0.125 e. The van der Waals surface area contributed by atoms with Gasteiger partial charge in [-0.05, 0) is 38.5 Å². The number of aromatic nitrogens is 1. The molecule has 1 aromatic heterocycles. The first kappa shape index (κ1) is 15.0. The number of hydrogen-bond donors (Lipinski definition) is 0. The van der Waals surface area contributed by atoms with E-state index >= 15 is 0 Å². The molecule has 3 heteroatoms. The van der Waals surface area contributed by atoms with Gasteiger partial charge in [0.05, 0.1) is 5.69 Å². The standard InChI is InChI=1S/C16H27NOS/c1-6-18-16(9-7-12(2)8-10-16)14-17-13(11-19-14)15(3,4)5/h11-12H,6-10H2,1-5H3. The van der Waals surface area contributed by atoms with E-state index in [0.29, 0.717) is 0 Å². The molecule has 1 saturated carbocycles. The van der Waals surface area contributed by atoms with Crippen molar-refractivity contribution in [1.29, 1.82) is 0 Å². The molecule has 1 fully saturated rings. The highest BCUT2D eigenvalue weighted by Gasteiger charge is 2.39. The van der Waals surface area contributed by atoms with Crippen molar-refractivity contribution in [1.82, 2.24) is 4.98 Å². The predicted molar refractivity (Wildman–Crippen MR) is 81.8 cm³/mol. The van der Waals surface area contributed by atoms with Crippen molar-refractivity contribution in [3.05, 3.63) is 16.1 Å². The van der Waals surface area contributed by atoms with Gasteiger partial charge in [0.25, 0.3) is 0 Å². The summed E-state index contributed by atoms with van der Waals surface area (Å²) >= 11 is 1.79. The third-order valence-electron chi connectivity index (χ3n) is 4.16. The van der Waals surface area contributed by atoms with E-state index in [1.165, 1.54) is 23.5 Å². The Balaban J connectivity index is 2.26. The third-order valence-corrected chi connectivity index (χ3v) is 5.19. The number of nitrogens with zero attached hydrogens (tertiary/aromatic N) is 1. The van der Waals surface area contributed by atoms with Gasteiger partial charge in [0, 0.05) is 17.4 Å². The van der Waals surface area contributed by atoms with E-state index in [1.54, 1.807) is 11.3 Å². The van der Waals surface area contributed by atoms with Gasteiger partial charge in [0.1, 0.15) is 10.6 Å². The Morgan fingerprint density at radius 3 is 2.47 bits per heavy atom. The minimum absolute atomic E-state index is 0.102. The molecule has 0 bridgehead atoms. The molecule has 0 spiro atoms. The van der Waals surface area contributed by atoms with Gasteiger partial charge in [-0.3, -0.25) is 0 Å². The first-order valence-electron chi connectivity index (χ1n) is 7.48. The van der Waals surface area contributed by atoms with E-state index in [4.69, 9.17) is 9.72 Å². The van der Waals surface area contributed by atoms with Crippen molar-refractivity contribution in [2.45, 2.75) is 71.3 Å². The molecule has 0 saturated heterocycles. The largest absolute Gasteiger partial charge is 0.368 e. The molecule has 108 valence electrons. The van der Waals surface area contributed by atoms with Gasteiger partial charge >= 0.3 is 0 Å². The molecule has 1 aliphatic rings. The summed E-state index contributed by atoms with van der Waals surface area (Å²) in [5, 5.41) is 3.42. The van der Waals surface area contributed by atoms with Crippen molar-refractivity contribution in [2.24, 2.45) is 5.92 Å². The number of rotatable bonds is 3. The Bertz CT molecular complexity index is 411. The fourth-order valence-electron chi connectivity index (χ4n) is 2.75. The molecule has 0 aromatic carbocycles. The summed E-state index contributed by atoms with van der Waals surface area (Å²) in [6, 6.07) is 0. The minimum Gasteiger partial charge on any atom is -0.368 e. The third kappa shape index (κ3) is 3.19. The van der Waals surface area contributed by atoms with Crippen molar-refractivity contribution in [3.63, 3.8) is 0 Å². The maximum atomic E-state index is 6.18. The molecule has 2 nitrogen and oxygen atoms in total. The zero-order chi connectivity index (χ0) is 14.1. The lowest BCUT2D eigenvalue weighted by atomic mass is 9.79. The predicted octanol–water partition coefficient (Wildman–Crippen LogP) is 4.88. The molecule has 1 aromatic rings. The maximum absolute atomic E-state index is 6.18. The zero-order valence-electron chi connectivity index (χ0n) is 13.0. The van der Waals surface area contributed by atoms with E-state index < -0.39 is 0 Å². The fourth-order valence-corrected chi connectivity index (χ4v) is 4.01. The lowest BCUT2D eigenvalue weighted by molar-refractivity contribution is -0.0777. The number of hydrogen-bond acceptors (Lipinski definition) is 3.